The second-order valence-electron chi connectivity index (χ2n) is 4.78. The number of carbonyl (C=O) groups is 1. The van der Waals surface area contributed by atoms with Crippen molar-refractivity contribution in [3.05, 3.63) is 24.3 Å². The van der Waals surface area contributed by atoms with Crippen LogP contribution in [0.1, 0.15) is 40.0 Å². The highest BCUT2D eigenvalue weighted by molar-refractivity contribution is 5.80. The van der Waals surface area contributed by atoms with Crippen molar-refractivity contribution in [2.45, 2.75) is 40.0 Å². The molecule has 0 radical (unpaired) electrons. The minimum atomic E-state index is 0.205. The van der Waals surface area contributed by atoms with Crippen molar-refractivity contribution in [3.8, 4) is 0 Å². The average Bonchev–Trinajstić information content (AvgIpc) is 2.32. The molecule has 1 rings (SSSR count). The molecule has 0 fully saturated rings. The molecule has 1 nitrogen and oxygen atoms in total. The summed E-state index contributed by atoms with van der Waals surface area (Å²) in [6, 6.07) is 0. The minimum Gasteiger partial charge on any atom is -0.299 e. The average molecular weight is 192 g/mol. The largest absolute Gasteiger partial charge is 0.299 e. The van der Waals surface area contributed by atoms with Gasteiger partial charge in [-0.05, 0) is 24.7 Å². The van der Waals surface area contributed by atoms with E-state index in [1.807, 2.05) is 0 Å². The quantitative estimate of drug-likeness (QED) is 0.623. The van der Waals surface area contributed by atoms with Crippen molar-refractivity contribution in [1.82, 2.24) is 0 Å². The van der Waals surface area contributed by atoms with E-state index >= 15 is 0 Å². The molecule has 0 spiro atoms. The van der Waals surface area contributed by atoms with E-state index in [0.29, 0.717) is 24.5 Å². The zero-order valence-corrected chi connectivity index (χ0v) is 9.47. The van der Waals surface area contributed by atoms with Crippen LogP contribution in [0.4, 0.5) is 0 Å². The summed E-state index contributed by atoms with van der Waals surface area (Å²) < 4.78 is 0. The van der Waals surface area contributed by atoms with E-state index in [1.165, 1.54) is 5.57 Å². The molecule has 1 aliphatic rings. The standard InChI is InChI=1S/C13H20O/c1-5-6-12(14)9-11-8-7-10(2)13(11,3)4/h5,7,11H,1,6,8-9H2,2-4H3. The van der Waals surface area contributed by atoms with Gasteiger partial charge in [-0.3, -0.25) is 4.79 Å². The highest BCUT2D eigenvalue weighted by Crippen LogP contribution is 2.44. The first kappa shape index (κ1) is 11.2. The molecule has 0 aromatic heterocycles. The number of Topliss-reactive ketones (excluding diaryl/α,β-unsaturated/α-hetero) is 1. The summed E-state index contributed by atoms with van der Waals surface area (Å²) in [5, 5.41) is 0. The molecule has 78 valence electrons. The van der Waals surface area contributed by atoms with Crippen molar-refractivity contribution in [1.29, 1.82) is 0 Å². The lowest BCUT2D eigenvalue weighted by atomic mass is 9.75. The van der Waals surface area contributed by atoms with Crippen LogP contribution in [0.15, 0.2) is 24.3 Å². The SMILES string of the molecule is C=CCC(=O)CC1CC=C(C)C1(C)C. The summed E-state index contributed by atoms with van der Waals surface area (Å²) >= 11 is 0. The lowest BCUT2D eigenvalue weighted by Gasteiger charge is -2.29. The Labute approximate surface area is 86.9 Å². The van der Waals surface area contributed by atoms with Gasteiger partial charge in [-0.25, -0.2) is 0 Å². The topological polar surface area (TPSA) is 17.1 Å². The Hall–Kier alpha value is -0.850. The van der Waals surface area contributed by atoms with Crippen LogP contribution < -0.4 is 0 Å². The van der Waals surface area contributed by atoms with Crippen molar-refractivity contribution in [3.63, 3.8) is 0 Å². The molecule has 1 atom stereocenters. The Morgan fingerprint density at radius 1 is 1.71 bits per heavy atom. The molecular formula is C13H20O. The molecule has 0 bridgehead atoms. The number of ketones is 1. The van der Waals surface area contributed by atoms with E-state index in [-0.39, 0.29) is 5.41 Å². The Balaban J connectivity index is 2.57. The third-order valence-electron chi connectivity index (χ3n) is 3.59. The zero-order chi connectivity index (χ0) is 10.8. The number of hydrogen-bond acceptors (Lipinski definition) is 1. The van der Waals surface area contributed by atoms with Crippen LogP contribution in [0.3, 0.4) is 0 Å². The molecule has 0 aromatic rings. The van der Waals surface area contributed by atoms with Crippen LogP contribution >= 0.6 is 0 Å². The molecule has 0 amide bonds. The predicted molar refractivity (Wildman–Crippen MR) is 60.1 cm³/mol. The van der Waals surface area contributed by atoms with E-state index in [4.69, 9.17) is 0 Å². The predicted octanol–water partition coefficient (Wildman–Crippen LogP) is 3.51. The molecule has 0 heterocycles. The molecule has 0 N–H and O–H groups in total. The van der Waals surface area contributed by atoms with Crippen molar-refractivity contribution < 1.29 is 4.79 Å². The lowest BCUT2D eigenvalue weighted by Crippen LogP contribution is -2.22. The molecular weight excluding hydrogens is 172 g/mol. The fourth-order valence-corrected chi connectivity index (χ4v) is 2.06. The first-order valence-corrected chi connectivity index (χ1v) is 5.28. The monoisotopic (exact) mass is 192 g/mol. The van der Waals surface area contributed by atoms with Gasteiger partial charge in [0, 0.05) is 12.8 Å². The van der Waals surface area contributed by atoms with E-state index in [2.05, 4.69) is 33.4 Å². The van der Waals surface area contributed by atoms with Crippen LogP contribution in [0.2, 0.25) is 0 Å². The van der Waals surface area contributed by atoms with Crippen LogP contribution in [-0.2, 0) is 4.79 Å². The van der Waals surface area contributed by atoms with Crippen molar-refractivity contribution >= 4 is 5.78 Å². The van der Waals surface area contributed by atoms with Crippen molar-refractivity contribution in [2.24, 2.45) is 11.3 Å². The van der Waals surface area contributed by atoms with E-state index < -0.39 is 0 Å². The van der Waals surface area contributed by atoms with Crippen LogP contribution in [0, 0.1) is 11.3 Å². The van der Waals surface area contributed by atoms with Gasteiger partial charge in [-0.15, -0.1) is 6.58 Å². The van der Waals surface area contributed by atoms with Gasteiger partial charge in [0.1, 0.15) is 5.78 Å². The highest BCUT2D eigenvalue weighted by Gasteiger charge is 2.35. The molecule has 0 saturated carbocycles. The molecule has 1 unspecified atom stereocenters. The first-order valence-electron chi connectivity index (χ1n) is 5.28. The van der Waals surface area contributed by atoms with Gasteiger partial charge in [0.2, 0.25) is 0 Å². The molecule has 1 aliphatic carbocycles. The Kier molecular flexibility index (Phi) is 3.30. The number of rotatable bonds is 4. The molecule has 0 aliphatic heterocycles. The smallest absolute Gasteiger partial charge is 0.136 e. The Bertz CT molecular complexity index is 271. The summed E-state index contributed by atoms with van der Waals surface area (Å²) in [6.45, 7) is 10.2. The molecule has 0 aromatic carbocycles. The maximum atomic E-state index is 11.5. The summed E-state index contributed by atoms with van der Waals surface area (Å²) in [4.78, 5) is 11.5. The van der Waals surface area contributed by atoms with Gasteiger partial charge in [0.15, 0.2) is 0 Å². The fraction of sp³-hybridized carbons (Fsp3) is 0.615. The van der Waals surface area contributed by atoms with Gasteiger partial charge >= 0.3 is 0 Å². The zero-order valence-electron chi connectivity index (χ0n) is 9.47. The summed E-state index contributed by atoms with van der Waals surface area (Å²) in [5.41, 5.74) is 1.63. The van der Waals surface area contributed by atoms with Gasteiger partial charge in [0.25, 0.3) is 0 Å². The Morgan fingerprint density at radius 2 is 2.36 bits per heavy atom. The first-order chi connectivity index (χ1) is 6.48. The lowest BCUT2D eigenvalue weighted by molar-refractivity contribution is -0.119. The van der Waals surface area contributed by atoms with Gasteiger partial charge < -0.3 is 0 Å². The third kappa shape index (κ3) is 2.14. The normalized spacial score (nSPS) is 24.5. The van der Waals surface area contributed by atoms with E-state index in [0.717, 1.165) is 6.42 Å². The maximum absolute atomic E-state index is 11.5. The van der Waals surface area contributed by atoms with Crippen molar-refractivity contribution in [2.75, 3.05) is 0 Å². The van der Waals surface area contributed by atoms with Crippen LogP contribution in [0.5, 0.6) is 0 Å². The molecule has 1 heteroatoms. The summed E-state index contributed by atoms with van der Waals surface area (Å²) in [5.74, 6) is 0.816. The number of carbonyl (C=O) groups excluding carboxylic acids is 1. The van der Waals surface area contributed by atoms with E-state index in [1.54, 1.807) is 6.08 Å². The Morgan fingerprint density at radius 3 is 2.79 bits per heavy atom. The minimum absolute atomic E-state index is 0.205. The van der Waals surface area contributed by atoms with Gasteiger partial charge in [0.05, 0.1) is 0 Å². The highest BCUT2D eigenvalue weighted by atomic mass is 16.1. The molecule has 0 saturated heterocycles. The second kappa shape index (κ2) is 4.12. The summed E-state index contributed by atoms with van der Waals surface area (Å²) in [6.07, 6.45) is 6.25. The van der Waals surface area contributed by atoms with Gasteiger partial charge in [-0.1, -0.05) is 31.6 Å². The van der Waals surface area contributed by atoms with Crippen LogP contribution in [-0.4, -0.2) is 5.78 Å². The van der Waals surface area contributed by atoms with Gasteiger partial charge in [-0.2, -0.15) is 0 Å². The number of allylic oxidation sites excluding steroid dienone is 3. The number of hydrogen-bond donors (Lipinski definition) is 0. The maximum Gasteiger partial charge on any atom is 0.136 e. The fourth-order valence-electron chi connectivity index (χ4n) is 2.06. The third-order valence-corrected chi connectivity index (χ3v) is 3.59. The molecule has 14 heavy (non-hydrogen) atoms. The van der Waals surface area contributed by atoms with Crippen LogP contribution in [0.25, 0.3) is 0 Å². The summed E-state index contributed by atoms with van der Waals surface area (Å²) in [7, 11) is 0. The second-order valence-corrected chi connectivity index (χ2v) is 4.78. The van der Waals surface area contributed by atoms with E-state index in [9.17, 15) is 4.79 Å².